The van der Waals surface area contributed by atoms with Gasteiger partial charge in [-0.05, 0) is 29.8 Å². The minimum absolute atomic E-state index is 0.803. The third kappa shape index (κ3) is 3.20. The van der Waals surface area contributed by atoms with E-state index in [0.29, 0.717) is 0 Å². The van der Waals surface area contributed by atoms with Crippen LogP contribution in [0.3, 0.4) is 0 Å². The van der Waals surface area contributed by atoms with Gasteiger partial charge in [0, 0.05) is 19.8 Å². The fourth-order valence-corrected chi connectivity index (χ4v) is 2.76. The Morgan fingerprint density at radius 2 is 1.86 bits per heavy atom. The normalized spacial score (nSPS) is 11.1. The van der Waals surface area contributed by atoms with Crippen LogP contribution in [-0.2, 0) is 0 Å². The van der Waals surface area contributed by atoms with Gasteiger partial charge < -0.3 is 4.90 Å². The Bertz CT molecular complexity index is 726. The van der Waals surface area contributed by atoms with Crippen LogP contribution in [0, 0.1) is 0 Å². The van der Waals surface area contributed by atoms with E-state index in [0.717, 1.165) is 20.9 Å². The topological polar surface area (TPSA) is 40.5 Å². The van der Waals surface area contributed by atoms with Crippen LogP contribution in [0.25, 0.3) is 10.2 Å². The second kappa shape index (κ2) is 5.93. The quantitative estimate of drug-likeness (QED) is 0.588. The molecule has 106 valence electrons. The summed E-state index contributed by atoms with van der Waals surface area (Å²) in [6, 6.07) is 16.3. The average Bonchev–Trinajstić information content (AvgIpc) is 2.90. The summed E-state index contributed by atoms with van der Waals surface area (Å²) >= 11 is 1.60. The van der Waals surface area contributed by atoms with Gasteiger partial charge in [0.05, 0.1) is 16.4 Å². The Labute approximate surface area is 127 Å². The fraction of sp³-hybridized carbons (Fsp3) is 0.125. The number of benzene rings is 2. The monoisotopic (exact) mass is 296 g/mol. The molecule has 0 bridgehead atoms. The van der Waals surface area contributed by atoms with Crippen LogP contribution in [0.1, 0.15) is 5.56 Å². The molecule has 0 amide bonds. The minimum atomic E-state index is 0.803. The van der Waals surface area contributed by atoms with Crippen LogP contribution in [0.15, 0.2) is 53.6 Å². The molecule has 0 aliphatic carbocycles. The predicted molar refractivity (Wildman–Crippen MR) is 91.6 cm³/mol. The molecular formula is C16H16N4S. The van der Waals surface area contributed by atoms with Crippen LogP contribution in [-0.4, -0.2) is 25.3 Å². The van der Waals surface area contributed by atoms with Crippen LogP contribution in [0.5, 0.6) is 0 Å². The number of hydrogen-bond donors (Lipinski definition) is 1. The zero-order valence-electron chi connectivity index (χ0n) is 11.9. The Morgan fingerprint density at radius 3 is 2.57 bits per heavy atom. The smallest absolute Gasteiger partial charge is 0.204 e. The van der Waals surface area contributed by atoms with Gasteiger partial charge in [0.25, 0.3) is 0 Å². The molecule has 5 heteroatoms. The average molecular weight is 296 g/mol. The fourth-order valence-electron chi connectivity index (χ4n) is 1.94. The number of fused-ring (bicyclic) bond motifs is 1. The van der Waals surface area contributed by atoms with Gasteiger partial charge in [0.2, 0.25) is 5.13 Å². The summed E-state index contributed by atoms with van der Waals surface area (Å²) in [5.74, 6) is 0. The number of aromatic nitrogens is 1. The van der Waals surface area contributed by atoms with Gasteiger partial charge in [-0.3, -0.25) is 5.43 Å². The van der Waals surface area contributed by atoms with Crippen molar-refractivity contribution < 1.29 is 0 Å². The molecule has 4 nitrogen and oxygen atoms in total. The third-order valence-electron chi connectivity index (χ3n) is 3.08. The van der Waals surface area contributed by atoms with E-state index in [1.54, 1.807) is 17.6 Å². The summed E-state index contributed by atoms with van der Waals surface area (Å²) < 4.78 is 1.16. The molecule has 21 heavy (non-hydrogen) atoms. The second-order valence-electron chi connectivity index (χ2n) is 4.84. The Balaban J connectivity index is 1.68. The first-order chi connectivity index (χ1) is 10.2. The number of nitrogens with zero attached hydrogens (tertiary/aromatic N) is 3. The first-order valence-electron chi connectivity index (χ1n) is 6.64. The highest BCUT2D eigenvalue weighted by Gasteiger charge is 2.00. The van der Waals surface area contributed by atoms with Crippen LogP contribution in [0.2, 0.25) is 0 Å². The lowest BCUT2D eigenvalue weighted by molar-refractivity contribution is 1.13. The maximum atomic E-state index is 4.47. The van der Waals surface area contributed by atoms with E-state index in [1.165, 1.54) is 5.69 Å². The first kappa shape index (κ1) is 13.6. The van der Waals surface area contributed by atoms with E-state index < -0.39 is 0 Å². The van der Waals surface area contributed by atoms with Crippen molar-refractivity contribution in [3.8, 4) is 0 Å². The first-order valence-corrected chi connectivity index (χ1v) is 7.46. The summed E-state index contributed by atoms with van der Waals surface area (Å²) in [4.78, 5) is 6.54. The lowest BCUT2D eigenvalue weighted by Gasteiger charge is -2.11. The number of hydrogen-bond acceptors (Lipinski definition) is 5. The van der Waals surface area contributed by atoms with Gasteiger partial charge in [-0.1, -0.05) is 35.6 Å². The van der Waals surface area contributed by atoms with Gasteiger partial charge in [0.15, 0.2) is 0 Å². The van der Waals surface area contributed by atoms with Gasteiger partial charge in [-0.2, -0.15) is 5.10 Å². The van der Waals surface area contributed by atoms with E-state index in [9.17, 15) is 0 Å². The number of para-hydroxylation sites is 1. The summed E-state index contributed by atoms with van der Waals surface area (Å²) in [5, 5.41) is 5.04. The van der Waals surface area contributed by atoms with Crippen molar-refractivity contribution in [3.05, 3.63) is 54.1 Å². The highest BCUT2D eigenvalue weighted by molar-refractivity contribution is 7.22. The number of anilines is 2. The molecule has 0 spiro atoms. The second-order valence-corrected chi connectivity index (χ2v) is 5.87. The van der Waals surface area contributed by atoms with Crippen LogP contribution in [0.4, 0.5) is 10.8 Å². The molecule has 2 aromatic carbocycles. The molecule has 0 unspecified atom stereocenters. The molecule has 3 aromatic rings. The number of thiazole rings is 1. The maximum absolute atomic E-state index is 4.47. The van der Waals surface area contributed by atoms with Gasteiger partial charge in [-0.15, -0.1) is 0 Å². The minimum Gasteiger partial charge on any atom is -0.378 e. The van der Waals surface area contributed by atoms with Crippen molar-refractivity contribution in [1.82, 2.24) is 4.98 Å². The predicted octanol–water partition coefficient (Wildman–Crippen LogP) is 3.81. The summed E-state index contributed by atoms with van der Waals surface area (Å²) in [6.45, 7) is 0. The summed E-state index contributed by atoms with van der Waals surface area (Å²) in [7, 11) is 4.05. The molecule has 1 aromatic heterocycles. The van der Waals surface area contributed by atoms with Crippen molar-refractivity contribution in [1.29, 1.82) is 0 Å². The van der Waals surface area contributed by atoms with E-state index in [1.807, 2.05) is 44.4 Å². The number of nitrogens with one attached hydrogen (secondary N) is 1. The number of rotatable bonds is 4. The van der Waals surface area contributed by atoms with E-state index in [4.69, 9.17) is 0 Å². The van der Waals surface area contributed by atoms with E-state index in [-0.39, 0.29) is 0 Å². The molecule has 0 atom stereocenters. The van der Waals surface area contributed by atoms with E-state index >= 15 is 0 Å². The molecule has 1 N–H and O–H groups in total. The number of hydrazone groups is 1. The molecular weight excluding hydrogens is 280 g/mol. The Morgan fingerprint density at radius 1 is 1.10 bits per heavy atom. The molecule has 0 fully saturated rings. The standard InChI is InChI=1S/C16H16N4S/c1-20(2)13-9-7-12(8-10-13)11-17-19-16-18-14-5-3-4-6-15(14)21-16/h3-11H,1-2H3,(H,18,19)/b17-11+. The van der Waals surface area contributed by atoms with Gasteiger partial charge in [-0.25, -0.2) is 4.98 Å². The van der Waals surface area contributed by atoms with Crippen molar-refractivity contribution in [2.45, 2.75) is 0 Å². The summed E-state index contributed by atoms with van der Waals surface area (Å²) in [6.07, 6.45) is 1.80. The summed E-state index contributed by atoms with van der Waals surface area (Å²) in [5.41, 5.74) is 6.20. The molecule has 0 aliphatic rings. The van der Waals surface area contributed by atoms with Crippen molar-refractivity contribution in [2.24, 2.45) is 5.10 Å². The lowest BCUT2D eigenvalue weighted by atomic mass is 10.2. The van der Waals surface area contributed by atoms with Crippen molar-refractivity contribution >= 4 is 38.6 Å². The molecule has 1 heterocycles. The molecule has 0 saturated heterocycles. The molecule has 0 aliphatic heterocycles. The van der Waals surface area contributed by atoms with Crippen LogP contribution >= 0.6 is 11.3 Å². The molecule has 0 saturated carbocycles. The zero-order chi connectivity index (χ0) is 14.7. The Hall–Kier alpha value is -2.40. The Kier molecular flexibility index (Phi) is 3.83. The lowest BCUT2D eigenvalue weighted by Crippen LogP contribution is -2.08. The van der Waals surface area contributed by atoms with Gasteiger partial charge >= 0.3 is 0 Å². The highest BCUT2D eigenvalue weighted by atomic mass is 32.1. The van der Waals surface area contributed by atoms with Crippen molar-refractivity contribution in [2.75, 3.05) is 24.4 Å². The molecule has 0 radical (unpaired) electrons. The van der Waals surface area contributed by atoms with E-state index in [2.05, 4.69) is 38.6 Å². The van der Waals surface area contributed by atoms with Crippen LogP contribution < -0.4 is 10.3 Å². The SMILES string of the molecule is CN(C)c1ccc(/C=N/Nc2nc3ccccc3s2)cc1. The highest BCUT2D eigenvalue weighted by Crippen LogP contribution is 2.25. The molecule has 3 rings (SSSR count). The van der Waals surface area contributed by atoms with Gasteiger partial charge in [0.1, 0.15) is 0 Å². The third-order valence-corrected chi connectivity index (χ3v) is 4.02. The zero-order valence-corrected chi connectivity index (χ0v) is 12.8. The largest absolute Gasteiger partial charge is 0.378 e. The van der Waals surface area contributed by atoms with Crippen molar-refractivity contribution in [3.63, 3.8) is 0 Å². The maximum Gasteiger partial charge on any atom is 0.204 e.